The predicted octanol–water partition coefficient (Wildman–Crippen LogP) is 3.86. The number of aryl methyl sites for hydroxylation is 2. The van der Waals surface area contributed by atoms with Crippen LogP contribution in [0.15, 0.2) is 65.6 Å². The average Bonchev–Trinajstić information content (AvgIpc) is 2.76. The van der Waals surface area contributed by atoms with Crippen LogP contribution in [-0.4, -0.2) is 27.3 Å². The number of nitrogens with one attached hydrogen (secondary N) is 3. The Morgan fingerprint density at radius 2 is 1.56 bits per heavy atom. The normalized spacial score (nSPS) is 11.0. The smallest absolute Gasteiger partial charge is 0.261 e. The second kappa shape index (κ2) is 9.19. The van der Waals surface area contributed by atoms with Crippen molar-refractivity contribution in [1.29, 1.82) is 0 Å². The van der Waals surface area contributed by atoms with E-state index in [1.54, 1.807) is 38.1 Å². The fraction of sp³-hybridized carbons (Fsp3) is 0.130. The minimum atomic E-state index is -3.94. The quantitative estimate of drug-likeness (QED) is 0.525. The van der Waals surface area contributed by atoms with Gasteiger partial charge < -0.3 is 10.6 Å². The number of para-hydroxylation sites is 1. The molecule has 0 bridgehead atoms. The van der Waals surface area contributed by atoms with Crippen molar-refractivity contribution in [3.05, 3.63) is 88.7 Å². The van der Waals surface area contributed by atoms with Crippen molar-refractivity contribution in [2.45, 2.75) is 18.7 Å². The highest BCUT2D eigenvalue weighted by molar-refractivity contribution is 7.92. The van der Waals surface area contributed by atoms with E-state index in [1.165, 1.54) is 37.4 Å². The Morgan fingerprint density at radius 3 is 2.25 bits per heavy atom. The summed E-state index contributed by atoms with van der Waals surface area (Å²) in [6, 6.07) is 14.7. The molecule has 0 radical (unpaired) electrons. The first-order valence-corrected chi connectivity index (χ1v) is 11.1. The molecule has 3 aromatic carbocycles. The molecule has 0 saturated carbocycles. The number of amides is 2. The van der Waals surface area contributed by atoms with E-state index in [4.69, 9.17) is 0 Å². The fourth-order valence-electron chi connectivity index (χ4n) is 3.01. The van der Waals surface area contributed by atoms with Crippen molar-refractivity contribution in [3.63, 3.8) is 0 Å². The Kier molecular flexibility index (Phi) is 6.59. The van der Waals surface area contributed by atoms with E-state index in [2.05, 4.69) is 15.4 Å². The van der Waals surface area contributed by atoms with Crippen LogP contribution in [0, 0.1) is 19.7 Å². The highest BCUT2D eigenvalue weighted by Crippen LogP contribution is 2.23. The molecule has 3 aromatic rings. The third kappa shape index (κ3) is 4.94. The molecule has 32 heavy (non-hydrogen) atoms. The van der Waals surface area contributed by atoms with Gasteiger partial charge in [-0.2, -0.15) is 0 Å². The van der Waals surface area contributed by atoms with E-state index in [0.29, 0.717) is 11.3 Å². The lowest BCUT2D eigenvalue weighted by Crippen LogP contribution is -2.20. The van der Waals surface area contributed by atoms with Gasteiger partial charge in [-0.15, -0.1) is 0 Å². The van der Waals surface area contributed by atoms with Crippen molar-refractivity contribution >= 4 is 33.2 Å². The van der Waals surface area contributed by atoms with Crippen molar-refractivity contribution < 1.29 is 22.4 Å². The van der Waals surface area contributed by atoms with Gasteiger partial charge in [0.15, 0.2) is 0 Å². The van der Waals surface area contributed by atoms with Gasteiger partial charge in [-0.05, 0) is 61.4 Å². The van der Waals surface area contributed by atoms with Gasteiger partial charge in [-0.25, -0.2) is 12.8 Å². The largest absolute Gasteiger partial charge is 0.355 e. The maximum absolute atomic E-state index is 13.9. The highest BCUT2D eigenvalue weighted by atomic mass is 32.2. The van der Waals surface area contributed by atoms with Crippen LogP contribution in [0.4, 0.5) is 15.8 Å². The number of halogens is 1. The summed E-state index contributed by atoms with van der Waals surface area (Å²) in [5.74, 6) is -1.95. The zero-order chi connectivity index (χ0) is 23.5. The van der Waals surface area contributed by atoms with Crippen molar-refractivity contribution in [1.82, 2.24) is 5.32 Å². The number of carbonyl (C=O) groups is 2. The van der Waals surface area contributed by atoms with Crippen molar-refractivity contribution in [2.24, 2.45) is 0 Å². The first-order valence-electron chi connectivity index (χ1n) is 9.64. The topological polar surface area (TPSA) is 104 Å². The first-order chi connectivity index (χ1) is 15.1. The lowest BCUT2D eigenvalue weighted by molar-refractivity contribution is 0.0957. The Labute approximate surface area is 185 Å². The van der Waals surface area contributed by atoms with E-state index >= 15 is 0 Å². The van der Waals surface area contributed by atoms with Crippen LogP contribution in [0.2, 0.25) is 0 Å². The van der Waals surface area contributed by atoms with Crippen LogP contribution in [0.3, 0.4) is 0 Å². The SMILES string of the molecule is CNC(=O)c1cc(NC(=O)c2cc(S(=O)(=O)Nc3ccccc3C)ccc2C)ccc1F. The number of carbonyl (C=O) groups excluding carboxylic acids is 2. The third-order valence-corrected chi connectivity index (χ3v) is 6.21. The van der Waals surface area contributed by atoms with Gasteiger partial charge in [0.05, 0.1) is 16.1 Å². The van der Waals surface area contributed by atoms with Crippen LogP contribution in [0.5, 0.6) is 0 Å². The van der Waals surface area contributed by atoms with E-state index in [0.717, 1.165) is 11.6 Å². The van der Waals surface area contributed by atoms with Gasteiger partial charge in [0, 0.05) is 18.3 Å². The number of hydrogen-bond donors (Lipinski definition) is 3. The minimum absolute atomic E-state index is 0.0818. The number of benzene rings is 3. The zero-order valence-corrected chi connectivity index (χ0v) is 18.5. The lowest BCUT2D eigenvalue weighted by Gasteiger charge is -2.13. The summed E-state index contributed by atoms with van der Waals surface area (Å²) in [6.07, 6.45) is 0. The van der Waals surface area contributed by atoms with Crippen molar-refractivity contribution in [3.8, 4) is 0 Å². The standard InChI is InChI=1S/C23H22FN3O4S/c1-14-8-10-17(32(30,31)27-21-7-5-4-6-15(21)2)13-18(14)23(29)26-16-9-11-20(24)19(12-16)22(28)25-3/h4-13,27H,1-3H3,(H,25,28)(H,26,29). The summed E-state index contributed by atoms with van der Waals surface area (Å²) in [4.78, 5) is 24.5. The molecule has 2 amide bonds. The van der Waals surface area contributed by atoms with Crippen molar-refractivity contribution in [2.75, 3.05) is 17.1 Å². The molecular formula is C23H22FN3O4S. The molecule has 0 unspecified atom stereocenters. The summed E-state index contributed by atoms with van der Waals surface area (Å²) in [7, 11) is -2.57. The molecule has 166 valence electrons. The van der Waals surface area contributed by atoms with Gasteiger partial charge in [-0.1, -0.05) is 24.3 Å². The van der Waals surface area contributed by atoms with E-state index < -0.39 is 27.7 Å². The van der Waals surface area contributed by atoms with E-state index in [-0.39, 0.29) is 21.7 Å². The van der Waals surface area contributed by atoms with E-state index in [1.807, 2.05) is 0 Å². The molecule has 0 aliphatic rings. The molecule has 0 aromatic heterocycles. The second-order valence-electron chi connectivity index (χ2n) is 7.13. The maximum atomic E-state index is 13.9. The highest BCUT2D eigenvalue weighted by Gasteiger charge is 2.20. The molecule has 9 heteroatoms. The van der Waals surface area contributed by atoms with Gasteiger partial charge in [-0.3, -0.25) is 14.3 Å². The molecule has 3 N–H and O–H groups in total. The number of rotatable bonds is 6. The van der Waals surface area contributed by atoms with Crippen LogP contribution in [-0.2, 0) is 10.0 Å². The van der Waals surface area contributed by atoms with Crippen LogP contribution >= 0.6 is 0 Å². The van der Waals surface area contributed by atoms with Gasteiger partial charge in [0.1, 0.15) is 5.82 Å². The summed E-state index contributed by atoms with van der Waals surface area (Å²) in [5.41, 5.74) is 1.84. The first kappa shape index (κ1) is 23.0. The molecule has 0 atom stereocenters. The molecule has 0 fully saturated rings. The van der Waals surface area contributed by atoms with Crippen LogP contribution in [0.25, 0.3) is 0 Å². The molecule has 0 spiro atoms. The average molecular weight is 456 g/mol. The molecule has 0 saturated heterocycles. The fourth-order valence-corrected chi connectivity index (χ4v) is 4.17. The number of anilines is 2. The van der Waals surface area contributed by atoms with Gasteiger partial charge in [0.2, 0.25) is 0 Å². The molecule has 3 rings (SSSR count). The maximum Gasteiger partial charge on any atom is 0.261 e. The van der Waals surface area contributed by atoms with Crippen LogP contribution < -0.4 is 15.4 Å². The summed E-state index contributed by atoms with van der Waals surface area (Å²) in [6.45, 7) is 3.45. The van der Waals surface area contributed by atoms with Gasteiger partial charge in [0.25, 0.3) is 21.8 Å². The summed E-state index contributed by atoms with van der Waals surface area (Å²) >= 11 is 0. The minimum Gasteiger partial charge on any atom is -0.355 e. The Hall–Kier alpha value is -3.72. The molecule has 7 nitrogen and oxygen atoms in total. The molecule has 0 aliphatic carbocycles. The lowest BCUT2D eigenvalue weighted by atomic mass is 10.1. The molecule has 0 aliphatic heterocycles. The molecular weight excluding hydrogens is 433 g/mol. The van der Waals surface area contributed by atoms with Crippen LogP contribution in [0.1, 0.15) is 31.8 Å². The Morgan fingerprint density at radius 1 is 0.844 bits per heavy atom. The number of hydrogen-bond acceptors (Lipinski definition) is 4. The predicted molar refractivity (Wildman–Crippen MR) is 121 cm³/mol. The summed E-state index contributed by atoms with van der Waals surface area (Å²) in [5, 5.41) is 4.91. The Bertz CT molecular complexity index is 1310. The zero-order valence-electron chi connectivity index (χ0n) is 17.7. The third-order valence-electron chi connectivity index (χ3n) is 4.85. The van der Waals surface area contributed by atoms with E-state index in [9.17, 15) is 22.4 Å². The number of sulfonamides is 1. The second-order valence-corrected chi connectivity index (χ2v) is 8.81. The molecule has 0 heterocycles. The Balaban J connectivity index is 1.89. The summed E-state index contributed by atoms with van der Waals surface area (Å²) < 4.78 is 42.1. The monoisotopic (exact) mass is 455 g/mol. The van der Waals surface area contributed by atoms with Gasteiger partial charge >= 0.3 is 0 Å².